The van der Waals surface area contributed by atoms with E-state index in [1.165, 1.54) is 6.26 Å². The highest BCUT2D eigenvalue weighted by Gasteiger charge is 2.19. The molecule has 6 nitrogen and oxygen atoms in total. The van der Waals surface area contributed by atoms with Crippen molar-refractivity contribution in [2.24, 2.45) is 0 Å². The Bertz CT molecular complexity index is 1080. The van der Waals surface area contributed by atoms with Crippen LogP contribution in [0.15, 0.2) is 57.9 Å². The van der Waals surface area contributed by atoms with E-state index in [-0.39, 0.29) is 17.3 Å². The van der Waals surface area contributed by atoms with E-state index in [0.29, 0.717) is 22.5 Å². The fourth-order valence-corrected chi connectivity index (χ4v) is 2.88. The van der Waals surface area contributed by atoms with Crippen molar-refractivity contribution in [3.63, 3.8) is 0 Å². The van der Waals surface area contributed by atoms with E-state index >= 15 is 0 Å². The molecule has 30 heavy (non-hydrogen) atoms. The van der Waals surface area contributed by atoms with E-state index in [1.54, 1.807) is 25.1 Å². The van der Waals surface area contributed by atoms with Crippen LogP contribution in [0.25, 0.3) is 11.0 Å². The number of fused-ring (bicyclic) bond motifs is 1. The second-order valence-electron chi connectivity index (χ2n) is 7.07. The lowest BCUT2D eigenvalue weighted by Crippen LogP contribution is -2.29. The predicted octanol–water partition coefficient (Wildman–Crippen LogP) is 5.26. The predicted molar refractivity (Wildman–Crippen MR) is 114 cm³/mol. The Morgan fingerprint density at radius 1 is 1.07 bits per heavy atom. The van der Waals surface area contributed by atoms with Gasteiger partial charge in [-0.05, 0) is 50.5 Å². The Balaban J connectivity index is 1.81. The third kappa shape index (κ3) is 4.82. The first-order chi connectivity index (χ1) is 14.4. The van der Waals surface area contributed by atoms with Crippen LogP contribution in [0.1, 0.15) is 39.7 Å². The molecule has 6 heteroatoms. The molecule has 0 saturated carbocycles. The summed E-state index contributed by atoms with van der Waals surface area (Å²) in [6, 6.07) is 12.4. The van der Waals surface area contributed by atoms with Crippen LogP contribution in [0.4, 0.5) is 0 Å². The molecule has 1 aromatic heterocycles. The van der Waals surface area contributed by atoms with Crippen molar-refractivity contribution in [2.45, 2.75) is 52.7 Å². The van der Waals surface area contributed by atoms with Crippen molar-refractivity contribution in [3.05, 3.63) is 64.5 Å². The summed E-state index contributed by atoms with van der Waals surface area (Å²) in [5, 5.41) is 0.365. The summed E-state index contributed by atoms with van der Waals surface area (Å²) in [6.07, 6.45) is 1.85. The number of ether oxygens (including phenoxy) is 3. The van der Waals surface area contributed by atoms with E-state index in [1.807, 2.05) is 45.0 Å². The average Bonchev–Trinajstić information content (AvgIpc) is 2.75. The van der Waals surface area contributed by atoms with Gasteiger partial charge in [0.15, 0.2) is 6.10 Å². The molecule has 3 aromatic rings. The van der Waals surface area contributed by atoms with Gasteiger partial charge < -0.3 is 18.6 Å². The summed E-state index contributed by atoms with van der Waals surface area (Å²) in [6.45, 7) is 7.40. The maximum absolute atomic E-state index is 12.8. The summed E-state index contributed by atoms with van der Waals surface area (Å²) in [5.41, 5.74) is 1.06. The van der Waals surface area contributed by atoms with Crippen molar-refractivity contribution in [2.75, 3.05) is 0 Å². The molecule has 3 rings (SSSR count). The molecule has 0 aliphatic rings. The van der Waals surface area contributed by atoms with Gasteiger partial charge in [0.2, 0.25) is 11.2 Å². The van der Waals surface area contributed by atoms with Gasteiger partial charge in [0, 0.05) is 6.07 Å². The Morgan fingerprint density at radius 2 is 1.83 bits per heavy atom. The van der Waals surface area contributed by atoms with Crippen LogP contribution >= 0.6 is 0 Å². The van der Waals surface area contributed by atoms with Crippen LogP contribution in [-0.2, 0) is 16.0 Å². The topological polar surface area (TPSA) is 75.0 Å². The molecule has 0 aliphatic carbocycles. The van der Waals surface area contributed by atoms with Gasteiger partial charge in [-0.3, -0.25) is 4.79 Å². The van der Waals surface area contributed by atoms with Crippen LogP contribution in [0.2, 0.25) is 0 Å². The van der Waals surface area contributed by atoms with Crippen molar-refractivity contribution >= 4 is 16.9 Å². The highest BCUT2D eigenvalue weighted by atomic mass is 16.6. The van der Waals surface area contributed by atoms with Gasteiger partial charge in [-0.1, -0.05) is 32.0 Å². The fourth-order valence-electron chi connectivity index (χ4n) is 2.88. The van der Waals surface area contributed by atoms with E-state index < -0.39 is 12.1 Å². The van der Waals surface area contributed by atoms with E-state index in [0.717, 1.165) is 18.4 Å². The monoisotopic (exact) mass is 410 g/mol. The van der Waals surface area contributed by atoms with Gasteiger partial charge >= 0.3 is 5.97 Å². The minimum Gasteiger partial charge on any atom is -0.479 e. The van der Waals surface area contributed by atoms with Crippen LogP contribution in [-0.4, -0.2) is 18.2 Å². The molecule has 2 aromatic carbocycles. The number of esters is 1. The molecule has 2 atom stereocenters. The number of hydrogen-bond donors (Lipinski definition) is 0. The number of rotatable bonds is 8. The summed E-state index contributed by atoms with van der Waals surface area (Å²) >= 11 is 0. The Morgan fingerprint density at radius 3 is 2.57 bits per heavy atom. The molecular weight excluding hydrogens is 384 g/mol. The van der Waals surface area contributed by atoms with Crippen molar-refractivity contribution < 1.29 is 23.4 Å². The first-order valence-corrected chi connectivity index (χ1v) is 10.1. The highest BCUT2D eigenvalue weighted by molar-refractivity contribution is 5.79. The lowest BCUT2D eigenvalue weighted by molar-refractivity contribution is -0.155. The van der Waals surface area contributed by atoms with Crippen molar-refractivity contribution in [1.82, 2.24) is 0 Å². The average molecular weight is 410 g/mol. The molecule has 0 N–H and O–H groups in total. The van der Waals surface area contributed by atoms with E-state index in [2.05, 4.69) is 0 Å². The van der Waals surface area contributed by atoms with Crippen LogP contribution < -0.4 is 14.9 Å². The molecule has 0 fully saturated rings. The van der Waals surface area contributed by atoms with Crippen molar-refractivity contribution in [1.29, 1.82) is 0 Å². The second kappa shape index (κ2) is 9.48. The van der Waals surface area contributed by atoms with Gasteiger partial charge in [0.05, 0.1) is 11.5 Å². The lowest BCUT2D eigenvalue weighted by atomic mass is 10.1. The molecule has 158 valence electrons. The number of para-hydroxylation sites is 1. The summed E-state index contributed by atoms with van der Waals surface area (Å²) in [4.78, 5) is 24.9. The molecule has 0 saturated heterocycles. The molecule has 0 spiro atoms. The van der Waals surface area contributed by atoms with Crippen molar-refractivity contribution in [3.8, 4) is 17.2 Å². The number of carbonyl (C=O) groups excluding carboxylic acids is 1. The number of carbonyl (C=O) groups is 1. The minimum atomic E-state index is -0.781. The molecule has 0 radical (unpaired) electrons. The molecule has 0 amide bonds. The summed E-state index contributed by atoms with van der Waals surface area (Å²) in [7, 11) is 0. The minimum absolute atomic E-state index is 0.113. The van der Waals surface area contributed by atoms with Gasteiger partial charge in [-0.25, -0.2) is 4.79 Å². The zero-order valence-electron chi connectivity index (χ0n) is 17.6. The number of benzene rings is 2. The molecular formula is C24H26O6. The highest BCUT2D eigenvalue weighted by Crippen LogP contribution is 2.27. The SMILES string of the molecule is CCc1ccccc1Oc1coc2cc(O[C@H](C)C(=O)O[C@H](C)CC)ccc2c1=O. The smallest absolute Gasteiger partial charge is 0.347 e. The van der Waals surface area contributed by atoms with Crippen LogP contribution in [0.5, 0.6) is 17.2 Å². The second-order valence-corrected chi connectivity index (χ2v) is 7.07. The summed E-state index contributed by atoms with van der Waals surface area (Å²) < 4.78 is 22.4. The lowest BCUT2D eigenvalue weighted by Gasteiger charge is -2.17. The van der Waals surface area contributed by atoms with E-state index in [4.69, 9.17) is 18.6 Å². The Hall–Kier alpha value is -3.28. The Labute approximate surface area is 175 Å². The van der Waals surface area contributed by atoms with Gasteiger partial charge in [0.1, 0.15) is 23.3 Å². The zero-order chi connectivity index (χ0) is 21.7. The van der Waals surface area contributed by atoms with Gasteiger partial charge in [-0.2, -0.15) is 0 Å². The normalized spacial score (nSPS) is 12.9. The molecule has 0 aliphatic heterocycles. The maximum Gasteiger partial charge on any atom is 0.347 e. The standard InChI is InChI=1S/C24H26O6/c1-5-15(3)28-24(26)16(4)29-18-11-12-19-21(13-18)27-14-22(23(19)25)30-20-10-8-7-9-17(20)6-2/h7-16H,5-6H2,1-4H3/t15-,16-/m1/s1. The van der Waals surface area contributed by atoms with Crippen LogP contribution in [0.3, 0.4) is 0 Å². The largest absolute Gasteiger partial charge is 0.479 e. The Kier molecular flexibility index (Phi) is 6.77. The first kappa shape index (κ1) is 21.4. The van der Waals surface area contributed by atoms with Gasteiger partial charge in [-0.15, -0.1) is 0 Å². The number of aryl methyl sites for hydroxylation is 1. The van der Waals surface area contributed by atoms with Gasteiger partial charge in [0.25, 0.3) is 0 Å². The zero-order valence-corrected chi connectivity index (χ0v) is 17.6. The molecule has 0 unspecified atom stereocenters. The maximum atomic E-state index is 12.8. The third-order valence-corrected chi connectivity index (χ3v) is 4.82. The third-order valence-electron chi connectivity index (χ3n) is 4.82. The first-order valence-electron chi connectivity index (χ1n) is 10.1. The molecule has 1 heterocycles. The quantitative estimate of drug-likeness (QED) is 0.472. The molecule has 0 bridgehead atoms. The number of hydrogen-bond acceptors (Lipinski definition) is 6. The summed E-state index contributed by atoms with van der Waals surface area (Å²) in [5.74, 6) is 0.705. The van der Waals surface area contributed by atoms with E-state index in [9.17, 15) is 9.59 Å². The fraction of sp³-hybridized carbons (Fsp3) is 0.333. The van der Waals surface area contributed by atoms with Crippen LogP contribution in [0, 0.1) is 0 Å².